The van der Waals surface area contributed by atoms with Crippen molar-refractivity contribution in [2.75, 3.05) is 0 Å². The van der Waals surface area contributed by atoms with Crippen LogP contribution in [0.25, 0.3) is 0 Å². The number of aliphatic hydroxyl groups is 1. The minimum Gasteiger partial charge on any atom is -0.391 e. The zero-order valence-corrected chi connectivity index (χ0v) is 9.33. The molecule has 1 aromatic carbocycles. The lowest BCUT2D eigenvalue weighted by molar-refractivity contribution is 0.285. The van der Waals surface area contributed by atoms with Crippen molar-refractivity contribution in [3.63, 3.8) is 0 Å². The molecule has 0 unspecified atom stereocenters. The molecule has 0 bridgehead atoms. The molecule has 0 aliphatic heterocycles. The second kappa shape index (κ2) is 5.10. The van der Waals surface area contributed by atoms with E-state index in [1.165, 1.54) is 11.1 Å². The molecule has 0 aliphatic rings. The van der Waals surface area contributed by atoms with Crippen LogP contribution in [-0.4, -0.2) is 5.11 Å². The van der Waals surface area contributed by atoms with Gasteiger partial charge in [-0.15, -0.1) is 11.3 Å². The van der Waals surface area contributed by atoms with Crippen LogP contribution in [0.1, 0.15) is 16.0 Å². The number of hydrogen-bond donors (Lipinski definition) is 1. The smallest absolute Gasteiger partial charge is 0.0774 e. The largest absolute Gasteiger partial charge is 0.391 e. The molecule has 0 spiro atoms. The average Bonchev–Trinajstić information content (AvgIpc) is 2.76. The number of rotatable bonds is 4. The molecule has 1 aromatic heterocycles. The predicted molar refractivity (Wildman–Crippen MR) is 64.1 cm³/mol. The molecule has 1 nitrogen and oxygen atoms in total. The van der Waals surface area contributed by atoms with Crippen LogP contribution in [0.15, 0.2) is 41.8 Å². The van der Waals surface area contributed by atoms with Gasteiger partial charge in [0.2, 0.25) is 0 Å². The number of aryl methyl sites for hydroxylation is 2. The second-order valence-electron chi connectivity index (χ2n) is 3.56. The van der Waals surface area contributed by atoms with Gasteiger partial charge in [-0.25, -0.2) is 0 Å². The summed E-state index contributed by atoms with van der Waals surface area (Å²) in [7, 11) is 0. The Kier molecular flexibility index (Phi) is 3.54. The Morgan fingerprint density at radius 3 is 2.40 bits per heavy atom. The molecule has 2 heteroatoms. The van der Waals surface area contributed by atoms with Crippen molar-refractivity contribution in [1.29, 1.82) is 0 Å². The molecule has 1 heterocycles. The molecule has 0 fully saturated rings. The minimum absolute atomic E-state index is 0.163. The molecular weight excluding hydrogens is 204 g/mol. The molecule has 0 aliphatic carbocycles. The first-order chi connectivity index (χ1) is 7.38. The van der Waals surface area contributed by atoms with Gasteiger partial charge in [-0.1, -0.05) is 30.3 Å². The Labute approximate surface area is 94.0 Å². The Bertz CT molecular complexity index is 405. The molecule has 2 rings (SSSR count). The topological polar surface area (TPSA) is 20.2 Å². The first-order valence-electron chi connectivity index (χ1n) is 5.09. The maximum atomic E-state index is 8.95. The second-order valence-corrected chi connectivity index (χ2v) is 4.56. The van der Waals surface area contributed by atoms with E-state index in [1.807, 2.05) is 6.07 Å². The fraction of sp³-hybridized carbons (Fsp3) is 0.231. The Morgan fingerprint density at radius 1 is 1.00 bits per heavy atom. The van der Waals surface area contributed by atoms with Crippen LogP contribution in [-0.2, 0) is 19.4 Å². The molecule has 15 heavy (non-hydrogen) atoms. The third-order valence-electron chi connectivity index (χ3n) is 2.41. The van der Waals surface area contributed by atoms with E-state index in [1.54, 1.807) is 11.3 Å². The summed E-state index contributed by atoms with van der Waals surface area (Å²) in [4.78, 5) is 1.05. The van der Waals surface area contributed by atoms with Gasteiger partial charge in [0.05, 0.1) is 6.61 Å². The summed E-state index contributed by atoms with van der Waals surface area (Å²) in [5.41, 5.74) is 2.70. The summed E-state index contributed by atoms with van der Waals surface area (Å²) in [6.07, 6.45) is 2.13. The van der Waals surface area contributed by atoms with Crippen LogP contribution in [0.3, 0.4) is 0 Å². The highest BCUT2D eigenvalue weighted by atomic mass is 32.1. The minimum atomic E-state index is 0.163. The summed E-state index contributed by atoms with van der Waals surface area (Å²) in [5, 5.41) is 11.1. The third-order valence-corrected chi connectivity index (χ3v) is 3.38. The SMILES string of the molecule is OCc1cc(CCc2ccccc2)cs1. The number of benzene rings is 1. The fourth-order valence-corrected chi connectivity index (χ4v) is 2.36. The van der Waals surface area contributed by atoms with Gasteiger partial charge in [0.25, 0.3) is 0 Å². The normalized spacial score (nSPS) is 10.5. The van der Waals surface area contributed by atoms with E-state index >= 15 is 0 Å². The Balaban J connectivity index is 1.93. The van der Waals surface area contributed by atoms with Crippen LogP contribution >= 0.6 is 11.3 Å². The molecule has 0 amide bonds. The average molecular weight is 218 g/mol. The van der Waals surface area contributed by atoms with E-state index < -0.39 is 0 Å². The zero-order valence-electron chi connectivity index (χ0n) is 8.52. The monoisotopic (exact) mass is 218 g/mol. The number of thiophene rings is 1. The van der Waals surface area contributed by atoms with Crippen molar-refractivity contribution in [3.05, 3.63) is 57.8 Å². The lowest BCUT2D eigenvalue weighted by Gasteiger charge is -1.98. The van der Waals surface area contributed by atoms with Crippen LogP contribution in [0.2, 0.25) is 0 Å². The first-order valence-corrected chi connectivity index (χ1v) is 5.97. The zero-order chi connectivity index (χ0) is 10.5. The molecule has 2 aromatic rings. The van der Waals surface area contributed by atoms with Crippen molar-refractivity contribution in [1.82, 2.24) is 0 Å². The van der Waals surface area contributed by atoms with Gasteiger partial charge in [-0.3, -0.25) is 0 Å². The predicted octanol–water partition coefficient (Wildman–Crippen LogP) is 3.03. The molecule has 0 saturated heterocycles. The van der Waals surface area contributed by atoms with E-state index in [0.717, 1.165) is 17.7 Å². The first kappa shape index (κ1) is 10.4. The van der Waals surface area contributed by atoms with E-state index in [-0.39, 0.29) is 6.61 Å². The quantitative estimate of drug-likeness (QED) is 0.836. The molecule has 0 saturated carbocycles. The summed E-state index contributed by atoms with van der Waals surface area (Å²) >= 11 is 1.63. The van der Waals surface area contributed by atoms with E-state index in [9.17, 15) is 0 Å². The van der Waals surface area contributed by atoms with Crippen LogP contribution in [0, 0.1) is 0 Å². The fourth-order valence-electron chi connectivity index (χ4n) is 1.57. The lowest BCUT2D eigenvalue weighted by atomic mass is 10.1. The van der Waals surface area contributed by atoms with Crippen molar-refractivity contribution >= 4 is 11.3 Å². The van der Waals surface area contributed by atoms with Crippen molar-refractivity contribution < 1.29 is 5.11 Å². The van der Waals surface area contributed by atoms with Crippen LogP contribution in [0.5, 0.6) is 0 Å². The van der Waals surface area contributed by atoms with Gasteiger partial charge in [0, 0.05) is 4.88 Å². The highest BCUT2D eigenvalue weighted by Gasteiger charge is 1.99. The van der Waals surface area contributed by atoms with E-state index in [4.69, 9.17) is 5.11 Å². The van der Waals surface area contributed by atoms with Gasteiger partial charge >= 0.3 is 0 Å². The maximum Gasteiger partial charge on any atom is 0.0774 e. The highest BCUT2D eigenvalue weighted by molar-refractivity contribution is 7.10. The maximum absolute atomic E-state index is 8.95. The molecule has 0 atom stereocenters. The van der Waals surface area contributed by atoms with Crippen molar-refractivity contribution in [3.8, 4) is 0 Å². The molecule has 1 N–H and O–H groups in total. The van der Waals surface area contributed by atoms with E-state index in [0.29, 0.717) is 0 Å². The van der Waals surface area contributed by atoms with Crippen molar-refractivity contribution in [2.45, 2.75) is 19.4 Å². The van der Waals surface area contributed by atoms with Gasteiger partial charge in [-0.05, 0) is 35.4 Å². The van der Waals surface area contributed by atoms with E-state index in [2.05, 4.69) is 35.7 Å². The van der Waals surface area contributed by atoms with Crippen LogP contribution in [0.4, 0.5) is 0 Å². The van der Waals surface area contributed by atoms with Crippen molar-refractivity contribution in [2.24, 2.45) is 0 Å². The summed E-state index contributed by atoms with van der Waals surface area (Å²) in [6.45, 7) is 0.163. The molecule has 78 valence electrons. The third kappa shape index (κ3) is 2.91. The van der Waals surface area contributed by atoms with Gasteiger partial charge in [-0.2, -0.15) is 0 Å². The standard InChI is InChI=1S/C13H14OS/c14-9-13-8-12(10-15-13)7-6-11-4-2-1-3-5-11/h1-5,8,10,14H,6-7,9H2. The molecular formula is C13H14OS. The highest BCUT2D eigenvalue weighted by Crippen LogP contribution is 2.16. The van der Waals surface area contributed by atoms with Crippen LogP contribution < -0.4 is 0 Å². The molecule has 0 radical (unpaired) electrons. The number of aliphatic hydroxyl groups excluding tert-OH is 1. The summed E-state index contributed by atoms with van der Waals surface area (Å²) in [6, 6.07) is 12.6. The van der Waals surface area contributed by atoms with Gasteiger partial charge in [0.1, 0.15) is 0 Å². The van der Waals surface area contributed by atoms with Gasteiger partial charge < -0.3 is 5.11 Å². The Morgan fingerprint density at radius 2 is 1.73 bits per heavy atom. The number of hydrogen-bond acceptors (Lipinski definition) is 2. The Hall–Kier alpha value is -1.12. The van der Waals surface area contributed by atoms with Gasteiger partial charge in [0.15, 0.2) is 0 Å². The summed E-state index contributed by atoms with van der Waals surface area (Å²) in [5.74, 6) is 0. The summed E-state index contributed by atoms with van der Waals surface area (Å²) < 4.78 is 0. The lowest BCUT2D eigenvalue weighted by Crippen LogP contribution is -1.88.